The lowest BCUT2D eigenvalue weighted by Crippen LogP contribution is -2.25. The highest BCUT2D eigenvalue weighted by Gasteiger charge is 2.12. The Morgan fingerprint density at radius 3 is 2.64 bits per heavy atom. The first kappa shape index (κ1) is 19.4. The quantitative estimate of drug-likeness (QED) is 0.683. The molecular formula is C18H20Cl2N2O3. The third-order valence-electron chi connectivity index (χ3n) is 3.49. The molecule has 25 heavy (non-hydrogen) atoms. The average molecular weight is 383 g/mol. The second kappa shape index (κ2) is 9.51. The summed E-state index contributed by atoms with van der Waals surface area (Å²) in [6.45, 7) is 1.32. The van der Waals surface area contributed by atoms with E-state index in [9.17, 15) is 4.79 Å². The number of rotatable bonds is 8. The first-order chi connectivity index (χ1) is 12.0. The van der Waals surface area contributed by atoms with Crippen molar-refractivity contribution in [3.8, 4) is 11.5 Å². The minimum absolute atomic E-state index is 0.181. The average Bonchev–Trinajstić information content (AvgIpc) is 2.61. The maximum absolute atomic E-state index is 12.1. The van der Waals surface area contributed by atoms with Crippen LogP contribution in [0.25, 0.3) is 0 Å². The van der Waals surface area contributed by atoms with E-state index < -0.39 is 0 Å². The number of hydrogen-bond acceptors (Lipinski definition) is 4. The van der Waals surface area contributed by atoms with Gasteiger partial charge in [-0.05, 0) is 43.3 Å². The Labute approximate surface area is 157 Å². The van der Waals surface area contributed by atoms with Crippen molar-refractivity contribution in [1.29, 1.82) is 0 Å². The lowest BCUT2D eigenvalue weighted by Gasteiger charge is -2.13. The van der Waals surface area contributed by atoms with Gasteiger partial charge >= 0.3 is 0 Å². The minimum atomic E-state index is -0.181. The van der Waals surface area contributed by atoms with E-state index in [-0.39, 0.29) is 12.5 Å². The molecule has 0 aliphatic carbocycles. The number of benzene rings is 2. The molecule has 0 bridgehead atoms. The fraction of sp³-hybridized carbons (Fsp3) is 0.278. The van der Waals surface area contributed by atoms with Crippen LogP contribution in [0, 0.1) is 0 Å². The highest BCUT2D eigenvalue weighted by molar-refractivity contribution is 6.35. The molecule has 0 spiro atoms. The molecule has 3 N–H and O–H groups in total. The zero-order chi connectivity index (χ0) is 18.2. The molecule has 0 atom stereocenters. The maximum Gasteiger partial charge on any atom is 0.251 e. The van der Waals surface area contributed by atoms with E-state index in [2.05, 4.69) is 5.32 Å². The van der Waals surface area contributed by atoms with Gasteiger partial charge in [-0.2, -0.15) is 0 Å². The van der Waals surface area contributed by atoms with Crippen molar-refractivity contribution in [2.75, 3.05) is 20.2 Å². The zero-order valence-electron chi connectivity index (χ0n) is 13.9. The van der Waals surface area contributed by atoms with Crippen LogP contribution in [0.5, 0.6) is 11.5 Å². The van der Waals surface area contributed by atoms with Crippen molar-refractivity contribution >= 4 is 29.1 Å². The molecule has 0 radical (unpaired) electrons. The number of nitrogens with one attached hydrogen (secondary N) is 1. The van der Waals surface area contributed by atoms with Crippen LogP contribution >= 0.6 is 23.2 Å². The van der Waals surface area contributed by atoms with Crippen molar-refractivity contribution in [3.05, 3.63) is 57.6 Å². The Kier molecular flexibility index (Phi) is 7.37. The number of nitrogens with two attached hydrogens (primary N) is 1. The van der Waals surface area contributed by atoms with Gasteiger partial charge in [-0.15, -0.1) is 0 Å². The van der Waals surface area contributed by atoms with Crippen LogP contribution in [0.15, 0.2) is 36.4 Å². The van der Waals surface area contributed by atoms with Gasteiger partial charge in [0.1, 0.15) is 6.61 Å². The van der Waals surface area contributed by atoms with Gasteiger partial charge in [0.2, 0.25) is 0 Å². The van der Waals surface area contributed by atoms with Crippen LogP contribution in [0.1, 0.15) is 22.3 Å². The van der Waals surface area contributed by atoms with E-state index in [1.165, 1.54) is 7.11 Å². The summed E-state index contributed by atoms with van der Waals surface area (Å²) in [6, 6.07) is 10.2. The summed E-state index contributed by atoms with van der Waals surface area (Å²) in [5.41, 5.74) is 6.71. The molecule has 0 saturated carbocycles. The fourth-order valence-corrected chi connectivity index (χ4v) is 2.59. The summed E-state index contributed by atoms with van der Waals surface area (Å²) < 4.78 is 11.1. The molecule has 0 heterocycles. The Hall–Kier alpha value is -1.95. The topological polar surface area (TPSA) is 73.6 Å². The summed E-state index contributed by atoms with van der Waals surface area (Å²) in [6.07, 6.45) is 0.728. The Morgan fingerprint density at radius 2 is 1.96 bits per heavy atom. The predicted molar refractivity (Wildman–Crippen MR) is 99.8 cm³/mol. The largest absolute Gasteiger partial charge is 0.493 e. The molecule has 0 aliphatic heterocycles. The Morgan fingerprint density at radius 1 is 1.16 bits per heavy atom. The summed E-state index contributed by atoms with van der Waals surface area (Å²) >= 11 is 12.0. The number of amides is 1. The lowest BCUT2D eigenvalue weighted by atomic mass is 10.2. The van der Waals surface area contributed by atoms with Gasteiger partial charge in [-0.3, -0.25) is 4.79 Å². The van der Waals surface area contributed by atoms with Crippen LogP contribution in [0.4, 0.5) is 0 Å². The van der Waals surface area contributed by atoms with Crippen LogP contribution in [0.3, 0.4) is 0 Å². The molecule has 2 aromatic rings. The Balaban J connectivity index is 2.07. The van der Waals surface area contributed by atoms with E-state index in [4.69, 9.17) is 38.4 Å². The minimum Gasteiger partial charge on any atom is -0.493 e. The summed E-state index contributed by atoms with van der Waals surface area (Å²) in [4.78, 5) is 12.1. The van der Waals surface area contributed by atoms with E-state index >= 15 is 0 Å². The maximum atomic E-state index is 12.1. The molecule has 0 saturated heterocycles. The van der Waals surface area contributed by atoms with Crippen molar-refractivity contribution in [2.24, 2.45) is 5.73 Å². The number of hydrogen-bond donors (Lipinski definition) is 2. The van der Waals surface area contributed by atoms with Gasteiger partial charge in [0, 0.05) is 27.7 Å². The van der Waals surface area contributed by atoms with E-state index in [1.807, 2.05) is 0 Å². The normalized spacial score (nSPS) is 10.4. The van der Waals surface area contributed by atoms with Gasteiger partial charge in [0.15, 0.2) is 11.5 Å². The van der Waals surface area contributed by atoms with Gasteiger partial charge in [0.25, 0.3) is 5.91 Å². The van der Waals surface area contributed by atoms with Crippen LogP contribution in [0.2, 0.25) is 10.0 Å². The molecule has 5 nitrogen and oxygen atoms in total. The molecule has 0 aliphatic rings. The van der Waals surface area contributed by atoms with E-state index in [0.29, 0.717) is 40.2 Å². The monoisotopic (exact) mass is 382 g/mol. The second-order valence-corrected chi connectivity index (χ2v) is 6.13. The molecule has 134 valence electrons. The number of carbonyl (C=O) groups is 1. The van der Waals surface area contributed by atoms with Crippen LogP contribution in [-0.2, 0) is 6.61 Å². The van der Waals surface area contributed by atoms with Crippen molar-refractivity contribution < 1.29 is 14.3 Å². The second-order valence-electron chi connectivity index (χ2n) is 5.29. The van der Waals surface area contributed by atoms with Gasteiger partial charge in [-0.1, -0.05) is 29.3 Å². The molecule has 0 fully saturated rings. The highest BCUT2D eigenvalue weighted by atomic mass is 35.5. The molecular weight excluding hydrogens is 363 g/mol. The molecule has 2 aromatic carbocycles. The number of carbonyl (C=O) groups excluding carboxylic acids is 1. The zero-order valence-corrected chi connectivity index (χ0v) is 15.4. The molecule has 7 heteroatoms. The first-order valence-electron chi connectivity index (χ1n) is 7.78. The molecule has 2 rings (SSSR count). The lowest BCUT2D eigenvalue weighted by molar-refractivity contribution is 0.0953. The van der Waals surface area contributed by atoms with E-state index in [0.717, 1.165) is 12.0 Å². The smallest absolute Gasteiger partial charge is 0.251 e. The third-order valence-corrected chi connectivity index (χ3v) is 4.08. The first-order valence-corrected chi connectivity index (χ1v) is 8.53. The highest BCUT2D eigenvalue weighted by Crippen LogP contribution is 2.30. The van der Waals surface area contributed by atoms with Gasteiger partial charge in [-0.25, -0.2) is 0 Å². The van der Waals surface area contributed by atoms with Crippen molar-refractivity contribution in [1.82, 2.24) is 5.32 Å². The SMILES string of the molecule is COc1cc(C(=O)NCCCN)ccc1OCc1ccc(Cl)cc1Cl. The van der Waals surface area contributed by atoms with Gasteiger partial charge < -0.3 is 20.5 Å². The number of halogens is 2. The van der Waals surface area contributed by atoms with Crippen LogP contribution in [-0.4, -0.2) is 26.1 Å². The molecule has 0 aromatic heterocycles. The fourth-order valence-electron chi connectivity index (χ4n) is 2.13. The molecule has 1 amide bonds. The number of ether oxygens (including phenoxy) is 2. The van der Waals surface area contributed by atoms with Crippen LogP contribution < -0.4 is 20.5 Å². The Bertz CT molecular complexity index is 738. The summed E-state index contributed by atoms with van der Waals surface area (Å²) in [5.74, 6) is 0.808. The number of methoxy groups -OCH3 is 1. The van der Waals surface area contributed by atoms with Crippen molar-refractivity contribution in [2.45, 2.75) is 13.0 Å². The molecule has 0 unspecified atom stereocenters. The van der Waals surface area contributed by atoms with Gasteiger partial charge in [0.05, 0.1) is 7.11 Å². The summed E-state index contributed by atoms with van der Waals surface area (Å²) in [5, 5.41) is 3.89. The standard InChI is InChI=1S/C18H20Cl2N2O3/c1-24-17-9-12(18(23)22-8-2-7-21)4-6-16(17)25-11-13-3-5-14(19)10-15(13)20/h3-6,9-10H,2,7-8,11,21H2,1H3,(H,22,23). The third kappa shape index (κ3) is 5.53. The van der Waals surface area contributed by atoms with E-state index in [1.54, 1.807) is 36.4 Å². The van der Waals surface area contributed by atoms with Crippen molar-refractivity contribution in [3.63, 3.8) is 0 Å². The summed E-state index contributed by atoms with van der Waals surface area (Å²) in [7, 11) is 1.52. The predicted octanol–water partition coefficient (Wildman–Crippen LogP) is 3.66.